The van der Waals surface area contributed by atoms with Gasteiger partial charge in [-0.05, 0) is 55.7 Å². The van der Waals surface area contributed by atoms with Crippen molar-refractivity contribution in [3.8, 4) is 0 Å². The van der Waals surface area contributed by atoms with Gasteiger partial charge in [0.2, 0.25) is 0 Å². The third kappa shape index (κ3) is 3.97. The van der Waals surface area contributed by atoms with E-state index in [1.54, 1.807) is 0 Å². The van der Waals surface area contributed by atoms with Crippen LogP contribution in [0.1, 0.15) is 43.2 Å². The molecule has 1 unspecified atom stereocenters. The van der Waals surface area contributed by atoms with Crippen LogP contribution < -0.4 is 5.56 Å². The number of aliphatic hydroxyl groups is 1. The first-order valence-electron chi connectivity index (χ1n) is 9.16. The molecule has 3 heterocycles. The molecule has 2 bridgehead atoms. The van der Waals surface area contributed by atoms with Crippen molar-refractivity contribution in [2.24, 2.45) is 0 Å². The lowest BCUT2D eigenvalue weighted by molar-refractivity contribution is -0.122. The van der Waals surface area contributed by atoms with Crippen molar-refractivity contribution in [2.75, 3.05) is 0 Å². The Kier molecular flexibility index (Phi) is 5.74. The van der Waals surface area contributed by atoms with Crippen molar-refractivity contribution >= 4 is 17.4 Å². The minimum Gasteiger partial charge on any atom is -0.483 e. The molecule has 2 aliphatic rings. The van der Waals surface area contributed by atoms with Gasteiger partial charge in [0.05, 0.1) is 6.10 Å². The van der Waals surface area contributed by atoms with E-state index in [-0.39, 0.29) is 18.1 Å². The van der Waals surface area contributed by atoms with Crippen LogP contribution in [0.15, 0.2) is 29.1 Å². The average molecular weight is 358 g/mol. The van der Waals surface area contributed by atoms with Crippen LogP contribution in [0.25, 0.3) is 10.9 Å². The Morgan fingerprint density at radius 3 is 2.54 bits per heavy atom. The fourth-order valence-corrected chi connectivity index (χ4v) is 4.38. The highest BCUT2D eigenvalue weighted by molar-refractivity contribution is 5.79. The minimum atomic E-state index is -0.250. The van der Waals surface area contributed by atoms with Gasteiger partial charge in [-0.25, -0.2) is 0 Å². The normalized spacial score (nSPS) is 25.4. The van der Waals surface area contributed by atoms with Crippen LogP contribution in [-0.2, 0) is 11.3 Å². The number of aryl methyl sites for hydroxylation is 1. The van der Waals surface area contributed by atoms with Gasteiger partial charge in [-0.1, -0.05) is 18.6 Å². The highest BCUT2D eigenvalue weighted by Gasteiger charge is 2.37. The van der Waals surface area contributed by atoms with Gasteiger partial charge in [0.1, 0.15) is 0 Å². The van der Waals surface area contributed by atoms with Crippen molar-refractivity contribution in [1.29, 1.82) is 0 Å². The van der Waals surface area contributed by atoms with Crippen molar-refractivity contribution in [3.05, 3.63) is 45.7 Å². The highest BCUT2D eigenvalue weighted by atomic mass is 16.3. The summed E-state index contributed by atoms with van der Waals surface area (Å²) in [6, 6.07) is 9.05. The van der Waals surface area contributed by atoms with E-state index in [0.29, 0.717) is 18.6 Å². The molecule has 2 aromatic rings. The number of benzene rings is 1. The van der Waals surface area contributed by atoms with E-state index in [2.05, 4.69) is 22.0 Å². The Morgan fingerprint density at radius 2 is 1.88 bits per heavy atom. The van der Waals surface area contributed by atoms with Gasteiger partial charge in [0.15, 0.2) is 0 Å². The predicted octanol–water partition coefficient (Wildman–Crippen LogP) is 2.42. The molecular formula is C20H26N2O4. The summed E-state index contributed by atoms with van der Waals surface area (Å²) in [5.41, 5.74) is 2.93. The van der Waals surface area contributed by atoms with Crippen molar-refractivity contribution < 1.29 is 15.0 Å². The number of carboxylic acid groups (broad SMARTS) is 1. The maximum Gasteiger partial charge on any atom is 0.290 e. The summed E-state index contributed by atoms with van der Waals surface area (Å²) in [5, 5.41) is 18.0. The van der Waals surface area contributed by atoms with E-state index in [4.69, 9.17) is 9.90 Å². The average Bonchev–Trinajstić information content (AvgIpc) is 2.57. The smallest absolute Gasteiger partial charge is 0.290 e. The topological polar surface area (TPSA) is 93.6 Å². The number of piperidine rings is 2. The first-order chi connectivity index (χ1) is 12.5. The molecule has 4 rings (SSSR count). The molecule has 6 nitrogen and oxygen atoms in total. The molecule has 3 N–H and O–H groups in total. The van der Waals surface area contributed by atoms with Crippen molar-refractivity contribution in [1.82, 2.24) is 9.88 Å². The summed E-state index contributed by atoms with van der Waals surface area (Å²) in [5.74, 6) is 0. The van der Waals surface area contributed by atoms with E-state index in [0.717, 1.165) is 47.7 Å². The van der Waals surface area contributed by atoms with Crippen LogP contribution in [0.2, 0.25) is 0 Å². The molecule has 6 heteroatoms. The maximum atomic E-state index is 12.5. The lowest BCUT2D eigenvalue weighted by Crippen LogP contribution is -2.53. The first-order valence-corrected chi connectivity index (χ1v) is 9.16. The van der Waals surface area contributed by atoms with Crippen LogP contribution in [-0.4, -0.2) is 44.8 Å². The van der Waals surface area contributed by atoms with Crippen molar-refractivity contribution in [3.63, 3.8) is 0 Å². The Balaban J connectivity index is 0.000000613. The molecule has 0 amide bonds. The zero-order chi connectivity index (χ0) is 18.7. The third-order valence-electron chi connectivity index (χ3n) is 5.53. The molecule has 0 spiro atoms. The number of aliphatic hydroxyl groups excluding tert-OH is 1. The Morgan fingerprint density at radius 1 is 1.23 bits per heavy atom. The molecule has 0 radical (unpaired) electrons. The molecule has 140 valence electrons. The monoisotopic (exact) mass is 358 g/mol. The zero-order valence-corrected chi connectivity index (χ0v) is 15.0. The zero-order valence-electron chi connectivity index (χ0n) is 15.0. The second-order valence-electron chi connectivity index (χ2n) is 7.36. The summed E-state index contributed by atoms with van der Waals surface area (Å²) in [6.07, 6.45) is 5.05. The van der Waals surface area contributed by atoms with Gasteiger partial charge in [0.25, 0.3) is 12.0 Å². The van der Waals surface area contributed by atoms with E-state index in [1.807, 2.05) is 19.1 Å². The molecule has 3 atom stereocenters. The highest BCUT2D eigenvalue weighted by Crippen LogP contribution is 2.35. The summed E-state index contributed by atoms with van der Waals surface area (Å²) in [4.78, 5) is 26.3. The van der Waals surface area contributed by atoms with Crippen molar-refractivity contribution in [2.45, 2.75) is 63.8 Å². The number of carbonyl (C=O) groups is 1. The number of pyridine rings is 1. The van der Waals surface area contributed by atoms with Gasteiger partial charge in [-0.2, -0.15) is 0 Å². The Labute approximate surface area is 152 Å². The summed E-state index contributed by atoms with van der Waals surface area (Å²) in [6.45, 7) is 2.48. The molecule has 0 aliphatic carbocycles. The van der Waals surface area contributed by atoms with Crippen LogP contribution in [0.4, 0.5) is 0 Å². The third-order valence-corrected chi connectivity index (χ3v) is 5.53. The number of nitrogens with zero attached hydrogens (tertiary/aromatic N) is 1. The second kappa shape index (κ2) is 8.01. The Hall–Kier alpha value is -2.18. The molecule has 2 aliphatic heterocycles. The number of aromatic nitrogens is 1. The second-order valence-corrected chi connectivity index (χ2v) is 7.36. The fourth-order valence-electron chi connectivity index (χ4n) is 4.38. The number of hydrogen-bond acceptors (Lipinski definition) is 4. The van der Waals surface area contributed by atoms with Crippen LogP contribution in [0.3, 0.4) is 0 Å². The van der Waals surface area contributed by atoms with Gasteiger partial charge in [-0.15, -0.1) is 0 Å². The molecule has 2 fully saturated rings. The van der Waals surface area contributed by atoms with E-state index in [1.165, 1.54) is 6.42 Å². The maximum absolute atomic E-state index is 12.5. The molecule has 1 aromatic heterocycles. The van der Waals surface area contributed by atoms with Gasteiger partial charge in [-0.3, -0.25) is 14.5 Å². The summed E-state index contributed by atoms with van der Waals surface area (Å²) < 4.78 is 0. The van der Waals surface area contributed by atoms with E-state index >= 15 is 0 Å². The lowest BCUT2D eigenvalue weighted by atomic mass is 9.82. The van der Waals surface area contributed by atoms with Crippen LogP contribution in [0.5, 0.6) is 0 Å². The predicted molar refractivity (Wildman–Crippen MR) is 100 cm³/mol. The number of nitrogens with one attached hydrogen (secondary N) is 1. The standard InChI is InChI=1S/C19H24N2O2.CH2O2/c1-12-5-6-13-8-14(19(23)20-18(13)7-12)11-21-15-3-2-4-16(21)10-17(22)9-15;2-1-3/h5-8,15-17,22H,2-4,9-11H2,1H3,(H,20,23);1H,(H,2,3)/t15-,16+,17?;. The first kappa shape index (κ1) is 18.6. The minimum absolute atomic E-state index is 0.0206. The summed E-state index contributed by atoms with van der Waals surface area (Å²) >= 11 is 0. The van der Waals surface area contributed by atoms with E-state index in [9.17, 15) is 9.90 Å². The Bertz CT molecular complexity index is 818. The van der Waals surface area contributed by atoms with Gasteiger partial charge >= 0.3 is 0 Å². The lowest BCUT2D eigenvalue weighted by Gasteiger charge is -2.47. The molecular weight excluding hydrogens is 332 g/mol. The molecule has 1 aromatic carbocycles. The van der Waals surface area contributed by atoms with E-state index < -0.39 is 0 Å². The van der Waals surface area contributed by atoms with Gasteiger partial charge in [0, 0.05) is 29.7 Å². The molecule has 0 saturated carbocycles. The number of hydrogen-bond donors (Lipinski definition) is 3. The number of H-pyrrole nitrogens is 1. The SMILES string of the molecule is Cc1ccc2cc(CN3[C@@H]4CCC[C@H]3CC(O)C4)c(=O)[nH]c2c1.O=CO. The number of rotatable bonds is 2. The summed E-state index contributed by atoms with van der Waals surface area (Å²) in [7, 11) is 0. The number of aromatic amines is 1. The largest absolute Gasteiger partial charge is 0.483 e. The quantitative estimate of drug-likeness (QED) is 0.717. The number of fused-ring (bicyclic) bond motifs is 3. The van der Waals surface area contributed by atoms with Gasteiger partial charge < -0.3 is 15.2 Å². The fraction of sp³-hybridized carbons (Fsp3) is 0.500. The molecule has 26 heavy (non-hydrogen) atoms. The molecule has 2 saturated heterocycles. The van der Waals surface area contributed by atoms with Crippen LogP contribution >= 0.6 is 0 Å². The van der Waals surface area contributed by atoms with Crippen LogP contribution in [0, 0.1) is 6.92 Å².